The molecule has 0 aliphatic heterocycles. The lowest BCUT2D eigenvalue weighted by Crippen LogP contribution is -2.13. The van der Waals surface area contributed by atoms with Crippen molar-refractivity contribution in [3.05, 3.63) is 83.4 Å². The molecule has 0 atom stereocenters. The molecule has 1 heterocycles. The Kier molecular flexibility index (Phi) is 5.04. The predicted octanol–water partition coefficient (Wildman–Crippen LogP) is 6.14. The zero-order valence-electron chi connectivity index (χ0n) is 15.3. The lowest BCUT2D eigenvalue weighted by atomic mass is 10.1. The van der Waals surface area contributed by atoms with Gasteiger partial charge in [0.2, 0.25) is 0 Å². The number of carbonyl (C=O) groups is 1. The number of hydrogen-bond donors (Lipinski definition) is 2. The molecule has 4 aromatic rings. The van der Waals surface area contributed by atoms with Gasteiger partial charge in [-0.15, -0.1) is 0 Å². The van der Waals surface area contributed by atoms with Gasteiger partial charge >= 0.3 is 0 Å². The summed E-state index contributed by atoms with van der Waals surface area (Å²) < 4.78 is 5.54. The van der Waals surface area contributed by atoms with Crippen LogP contribution in [0.15, 0.2) is 72.8 Å². The maximum absolute atomic E-state index is 12.6. The molecule has 4 nitrogen and oxygen atoms in total. The first-order valence-electron chi connectivity index (χ1n) is 9.06. The summed E-state index contributed by atoms with van der Waals surface area (Å²) in [6, 6.07) is 22.8. The molecule has 0 aliphatic rings. The normalized spacial score (nSPS) is 10.8. The maximum atomic E-state index is 12.6. The van der Waals surface area contributed by atoms with Gasteiger partial charge in [-0.2, -0.15) is 0 Å². The zero-order chi connectivity index (χ0) is 19.5. The number of ether oxygens (including phenoxy) is 1. The summed E-state index contributed by atoms with van der Waals surface area (Å²) in [5, 5.41) is 4.70. The van der Waals surface area contributed by atoms with Gasteiger partial charge in [0.05, 0.1) is 12.2 Å². The second-order valence-corrected chi connectivity index (χ2v) is 6.81. The third-order valence-corrected chi connectivity index (χ3v) is 4.70. The van der Waals surface area contributed by atoms with E-state index in [0.717, 1.165) is 27.8 Å². The van der Waals surface area contributed by atoms with Crippen LogP contribution in [0.4, 0.5) is 5.69 Å². The Morgan fingerprint density at radius 3 is 2.61 bits per heavy atom. The minimum absolute atomic E-state index is 0.197. The molecule has 0 spiro atoms. The Bertz CT molecular complexity index is 1130. The van der Waals surface area contributed by atoms with Gasteiger partial charge in [0.25, 0.3) is 5.91 Å². The molecule has 0 fully saturated rings. The summed E-state index contributed by atoms with van der Waals surface area (Å²) in [6.07, 6.45) is 0. The van der Waals surface area contributed by atoms with Crippen LogP contribution in [0.1, 0.15) is 17.3 Å². The Morgan fingerprint density at radius 1 is 1.04 bits per heavy atom. The van der Waals surface area contributed by atoms with Crippen molar-refractivity contribution in [1.82, 2.24) is 4.98 Å². The highest BCUT2D eigenvalue weighted by Gasteiger charge is 2.12. The number of aromatic amines is 1. The summed E-state index contributed by atoms with van der Waals surface area (Å²) in [7, 11) is 0. The number of amides is 1. The summed E-state index contributed by atoms with van der Waals surface area (Å²) in [5.41, 5.74) is 4.29. The number of aromatic nitrogens is 1. The molecule has 5 heteroatoms. The van der Waals surface area contributed by atoms with Crippen molar-refractivity contribution in [3.63, 3.8) is 0 Å². The second-order valence-electron chi connectivity index (χ2n) is 6.38. The molecule has 28 heavy (non-hydrogen) atoms. The third-order valence-electron chi connectivity index (χ3n) is 4.47. The second kappa shape index (κ2) is 7.79. The van der Waals surface area contributed by atoms with Crippen LogP contribution < -0.4 is 10.1 Å². The van der Waals surface area contributed by atoms with Gasteiger partial charge in [0, 0.05) is 27.3 Å². The highest BCUT2D eigenvalue weighted by Crippen LogP contribution is 2.27. The van der Waals surface area contributed by atoms with Crippen molar-refractivity contribution in [2.24, 2.45) is 0 Å². The molecule has 3 aromatic carbocycles. The van der Waals surface area contributed by atoms with E-state index in [4.69, 9.17) is 16.3 Å². The predicted molar refractivity (Wildman–Crippen MR) is 114 cm³/mol. The number of anilines is 1. The molecule has 4 rings (SSSR count). The van der Waals surface area contributed by atoms with Gasteiger partial charge in [-0.1, -0.05) is 35.9 Å². The number of H-pyrrole nitrogens is 1. The number of nitrogens with one attached hydrogen (secondary N) is 2. The van der Waals surface area contributed by atoms with E-state index in [0.29, 0.717) is 22.9 Å². The topological polar surface area (TPSA) is 54.1 Å². The molecule has 2 N–H and O–H groups in total. The summed E-state index contributed by atoms with van der Waals surface area (Å²) >= 11 is 6.06. The molecule has 0 bridgehead atoms. The number of benzene rings is 3. The van der Waals surface area contributed by atoms with Crippen LogP contribution in [0, 0.1) is 0 Å². The van der Waals surface area contributed by atoms with E-state index < -0.39 is 0 Å². The van der Waals surface area contributed by atoms with Crippen molar-refractivity contribution >= 4 is 34.1 Å². The Hall–Kier alpha value is -3.24. The molecule has 140 valence electrons. The van der Waals surface area contributed by atoms with Crippen molar-refractivity contribution in [2.45, 2.75) is 6.92 Å². The number of para-hydroxylation sites is 1. The average Bonchev–Trinajstić information content (AvgIpc) is 3.12. The highest BCUT2D eigenvalue weighted by atomic mass is 35.5. The minimum atomic E-state index is -0.197. The molecular weight excluding hydrogens is 372 g/mol. The van der Waals surface area contributed by atoms with Crippen LogP contribution >= 0.6 is 11.6 Å². The SMILES string of the molecule is CCOc1ccccc1C(=O)Nc1ccc(-c2cc3cc(Cl)ccc3[nH]2)cc1. The van der Waals surface area contributed by atoms with Gasteiger partial charge < -0.3 is 15.0 Å². The Morgan fingerprint density at radius 2 is 1.82 bits per heavy atom. The number of fused-ring (bicyclic) bond motifs is 1. The molecular formula is C23H19ClN2O2. The van der Waals surface area contributed by atoms with E-state index in [9.17, 15) is 4.79 Å². The minimum Gasteiger partial charge on any atom is -0.493 e. The zero-order valence-corrected chi connectivity index (χ0v) is 16.1. The fraction of sp³-hybridized carbons (Fsp3) is 0.0870. The van der Waals surface area contributed by atoms with Gasteiger partial charge in [-0.25, -0.2) is 0 Å². The van der Waals surface area contributed by atoms with E-state index in [2.05, 4.69) is 16.4 Å². The Labute approximate surface area is 168 Å². The monoisotopic (exact) mass is 390 g/mol. The number of carbonyl (C=O) groups excluding carboxylic acids is 1. The number of rotatable bonds is 5. The maximum Gasteiger partial charge on any atom is 0.259 e. The van der Waals surface area contributed by atoms with Crippen LogP contribution in [0.2, 0.25) is 5.02 Å². The lowest BCUT2D eigenvalue weighted by Gasteiger charge is -2.10. The van der Waals surface area contributed by atoms with Crippen LogP contribution in [0.5, 0.6) is 5.75 Å². The third kappa shape index (κ3) is 3.73. The fourth-order valence-electron chi connectivity index (χ4n) is 3.13. The molecule has 0 unspecified atom stereocenters. The summed E-state index contributed by atoms with van der Waals surface area (Å²) in [6.45, 7) is 2.40. The van der Waals surface area contributed by atoms with Crippen LogP contribution in [0.25, 0.3) is 22.2 Å². The van der Waals surface area contributed by atoms with Gasteiger partial charge in [0.15, 0.2) is 0 Å². The average molecular weight is 391 g/mol. The first-order chi connectivity index (χ1) is 13.6. The molecule has 0 radical (unpaired) electrons. The van der Waals surface area contributed by atoms with E-state index >= 15 is 0 Å². The first kappa shape index (κ1) is 18.1. The van der Waals surface area contributed by atoms with E-state index in [1.54, 1.807) is 12.1 Å². The van der Waals surface area contributed by atoms with E-state index in [1.807, 2.05) is 61.5 Å². The van der Waals surface area contributed by atoms with Crippen molar-refractivity contribution in [3.8, 4) is 17.0 Å². The summed E-state index contributed by atoms with van der Waals surface area (Å²) in [4.78, 5) is 16.0. The van der Waals surface area contributed by atoms with Crippen LogP contribution in [-0.2, 0) is 0 Å². The van der Waals surface area contributed by atoms with Crippen molar-refractivity contribution < 1.29 is 9.53 Å². The van der Waals surface area contributed by atoms with Gasteiger partial charge in [-0.05, 0) is 61.0 Å². The van der Waals surface area contributed by atoms with E-state index in [-0.39, 0.29) is 5.91 Å². The fourth-order valence-corrected chi connectivity index (χ4v) is 3.31. The lowest BCUT2D eigenvalue weighted by molar-refractivity contribution is 0.102. The molecule has 0 saturated carbocycles. The van der Waals surface area contributed by atoms with Gasteiger partial charge in [0.1, 0.15) is 5.75 Å². The van der Waals surface area contributed by atoms with Crippen LogP contribution in [0.3, 0.4) is 0 Å². The number of halogens is 1. The highest BCUT2D eigenvalue weighted by molar-refractivity contribution is 6.31. The molecule has 0 saturated heterocycles. The molecule has 1 amide bonds. The number of hydrogen-bond acceptors (Lipinski definition) is 2. The largest absolute Gasteiger partial charge is 0.493 e. The summed E-state index contributed by atoms with van der Waals surface area (Å²) in [5.74, 6) is 0.382. The van der Waals surface area contributed by atoms with Gasteiger partial charge in [-0.3, -0.25) is 4.79 Å². The molecule has 0 aliphatic carbocycles. The van der Waals surface area contributed by atoms with Crippen molar-refractivity contribution in [1.29, 1.82) is 0 Å². The smallest absolute Gasteiger partial charge is 0.259 e. The van der Waals surface area contributed by atoms with E-state index in [1.165, 1.54) is 0 Å². The standard InChI is InChI=1S/C23H19ClN2O2/c1-2-28-22-6-4-3-5-19(22)23(27)25-18-10-7-15(8-11-18)21-14-16-13-17(24)9-12-20(16)26-21/h3-14,26H,2H2,1H3,(H,25,27). The first-order valence-corrected chi connectivity index (χ1v) is 9.44. The Balaban J connectivity index is 1.54. The van der Waals surface area contributed by atoms with Crippen LogP contribution in [-0.4, -0.2) is 17.5 Å². The van der Waals surface area contributed by atoms with Crippen molar-refractivity contribution in [2.75, 3.05) is 11.9 Å². The quantitative estimate of drug-likeness (QED) is 0.430. The molecule has 1 aromatic heterocycles.